The molecular formula is C20H25FN2O2. The molecule has 0 saturated carbocycles. The minimum Gasteiger partial charge on any atom is -0.444 e. The average molecular weight is 344 g/mol. The van der Waals surface area contributed by atoms with Crippen LogP contribution < -0.4 is 0 Å². The molecule has 2 aliphatic rings. The van der Waals surface area contributed by atoms with Gasteiger partial charge in [-0.1, -0.05) is 18.7 Å². The summed E-state index contributed by atoms with van der Waals surface area (Å²) in [5.41, 5.74) is 4.49. The van der Waals surface area contributed by atoms with Gasteiger partial charge in [0.1, 0.15) is 11.4 Å². The topological polar surface area (TPSA) is 32.8 Å². The fourth-order valence-electron chi connectivity index (χ4n) is 3.75. The largest absolute Gasteiger partial charge is 0.444 e. The molecular weight excluding hydrogens is 319 g/mol. The first-order chi connectivity index (χ1) is 11.8. The van der Waals surface area contributed by atoms with Gasteiger partial charge in [-0.25, -0.2) is 9.18 Å². The van der Waals surface area contributed by atoms with Gasteiger partial charge in [0.05, 0.1) is 17.8 Å². The number of fused-ring (bicyclic) bond motifs is 1. The van der Waals surface area contributed by atoms with Crippen molar-refractivity contribution in [3.8, 4) is 0 Å². The average Bonchev–Trinajstić information content (AvgIpc) is 2.96. The van der Waals surface area contributed by atoms with Crippen LogP contribution in [0.15, 0.2) is 42.3 Å². The summed E-state index contributed by atoms with van der Waals surface area (Å²) < 4.78 is 19.0. The molecule has 3 rings (SSSR count). The molecule has 0 unspecified atom stereocenters. The molecule has 0 bridgehead atoms. The summed E-state index contributed by atoms with van der Waals surface area (Å²) in [6.07, 6.45) is 1.49. The molecule has 2 aliphatic heterocycles. The number of hydrogen-bond donors (Lipinski definition) is 0. The molecule has 0 aromatic heterocycles. The Bertz CT molecular complexity index is 701. The molecule has 4 nitrogen and oxygen atoms in total. The Balaban J connectivity index is 1.95. The van der Waals surface area contributed by atoms with Crippen LogP contribution in [0.1, 0.15) is 45.2 Å². The first-order valence-electron chi connectivity index (χ1n) is 8.71. The van der Waals surface area contributed by atoms with E-state index in [1.807, 2.05) is 20.8 Å². The highest BCUT2D eigenvalue weighted by Gasteiger charge is 2.44. The third-order valence-electron chi connectivity index (χ3n) is 4.75. The predicted octanol–water partition coefficient (Wildman–Crippen LogP) is 4.25. The van der Waals surface area contributed by atoms with Crippen molar-refractivity contribution in [2.45, 2.75) is 51.3 Å². The van der Waals surface area contributed by atoms with Crippen LogP contribution >= 0.6 is 0 Å². The number of hydrogen-bond acceptors (Lipinski definition) is 3. The Kier molecular flexibility index (Phi) is 4.61. The second kappa shape index (κ2) is 6.57. The molecule has 25 heavy (non-hydrogen) atoms. The van der Waals surface area contributed by atoms with Gasteiger partial charge in [-0.05, 0) is 51.3 Å². The third kappa shape index (κ3) is 3.57. The Morgan fingerprint density at radius 2 is 1.96 bits per heavy atom. The van der Waals surface area contributed by atoms with Crippen molar-refractivity contribution in [1.29, 1.82) is 0 Å². The first kappa shape index (κ1) is 17.6. The number of carbonyl (C=O) groups is 1. The Morgan fingerprint density at radius 3 is 2.56 bits per heavy atom. The zero-order valence-electron chi connectivity index (χ0n) is 15.1. The van der Waals surface area contributed by atoms with E-state index in [0.29, 0.717) is 6.54 Å². The van der Waals surface area contributed by atoms with Crippen LogP contribution in [0.2, 0.25) is 0 Å². The highest BCUT2D eigenvalue weighted by molar-refractivity contribution is 5.69. The molecule has 2 saturated heterocycles. The maximum Gasteiger partial charge on any atom is 0.410 e. The van der Waals surface area contributed by atoms with E-state index in [9.17, 15) is 9.18 Å². The smallest absolute Gasteiger partial charge is 0.410 e. The van der Waals surface area contributed by atoms with E-state index in [1.165, 1.54) is 12.1 Å². The molecule has 2 fully saturated rings. The number of rotatable bonds is 1. The zero-order chi connectivity index (χ0) is 18.2. The maximum atomic E-state index is 13.4. The van der Waals surface area contributed by atoms with Gasteiger partial charge in [0.2, 0.25) is 0 Å². The van der Waals surface area contributed by atoms with Crippen LogP contribution in [0.3, 0.4) is 0 Å². The number of benzene rings is 1. The highest BCUT2D eigenvalue weighted by atomic mass is 19.1. The molecule has 0 aliphatic carbocycles. The number of carbonyl (C=O) groups excluding carboxylic acids is 1. The highest BCUT2D eigenvalue weighted by Crippen LogP contribution is 2.41. The minimum absolute atomic E-state index is 0.135. The normalized spacial score (nSPS) is 23.3. The molecule has 2 heterocycles. The lowest BCUT2D eigenvalue weighted by Crippen LogP contribution is -2.54. The molecule has 0 spiro atoms. The number of ether oxygens (including phenoxy) is 1. The van der Waals surface area contributed by atoms with E-state index in [4.69, 9.17) is 4.74 Å². The van der Waals surface area contributed by atoms with Crippen molar-refractivity contribution in [1.82, 2.24) is 9.80 Å². The summed E-state index contributed by atoms with van der Waals surface area (Å²) >= 11 is 0. The van der Waals surface area contributed by atoms with Gasteiger partial charge in [0.25, 0.3) is 0 Å². The van der Waals surface area contributed by atoms with Crippen LogP contribution in [0.5, 0.6) is 0 Å². The Labute approximate surface area is 148 Å². The van der Waals surface area contributed by atoms with E-state index in [2.05, 4.69) is 17.2 Å². The molecule has 0 radical (unpaired) electrons. The van der Waals surface area contributed by atoms with E-state index in [0.717, 1.165) is 30.6 Å². The SMILES string of the molecule is C=C=C1CC[C@H]2[C@H](c3ccc(F)cc3)N(C(=O)OC(C)(C)C)CCN12. The van der Waals surface area contributed by atoms with E-state index < -0.39 is 5.60 Å². The van der Waals surface area contributed by atoms with Gasteiger partial charge < -0.3 is 9.64 Å². The van der Waals surface area contributed by atoms with Crippen LogP contribution in [0.4, 0.5) is 9.18 Å². The van der Waals surface area contributed by atoms with Gasteiger partial charge in [-0.2, -0.15) is 0 Å². The van der Waals surface area contributed by atoms with Gasteiger partial charge in [0, 0.05) is 13.1 Å². The van der Waals surface area contributed by atoms with Crippen molar-refractivity contribution < 1.29 is 13.9 Å². The zero-order valence-corrected chi connectivity index (χ0v) is 15.1. The lowest BCUT2D eigenvalue weighted by Gasteiger charge is -2.45. The first-order valence-corrected chi connectivity index (χ1v) is 8.71. The Morgan fingerprint density at radius 1 is 1.28 bits per heavy atom. The summed E-state index contributed by atoms with van der Waals surface area (Å²) in [5, 5.41) is 0. The summed E-state index contributed by atoms with van der Waals surface area (Å²) in [6.45, 7) is 10.7. The summed E-state index contributed by atoms with van der Waals surface area (Å²) in [6, 6.07) is 6.38. The molecule has 2 atom stereocenters. The standard InChI is InChI=1S/C20H25FN2O2/c1-5-16-10-11-17-18(14-6-8-15(21)9-7-14)23(13-12-22(16)17)19(24)25-20(2,3)4/h6-9,17-18H,1,10-13H2,2-4H3/t17-,18-/m0/s1. The number of halogens is 1. The fourth-order valence-corrected chi connectivity index (χ4v) is 3.75. The van der Waals surface area contributed by atoms with Crippen LogP contribution in [-0.2, 0) is 4.74 Å². The van der Waals surface area contributed by atoms with E-state index in [-0.39, 0.29) is 24.0 Å². The van der Waals surface area contributed by atoms with Crippen molar-refractivity contribution >= 4 is 6.09 Å². The van der Waals surface area contributed by atoms with Crippen molar-refractivity contribution in [3.05, 3.63) is 53.7 Å². The number of piperazine rings is 1. The lowest BCUT2D eigenvalue weighted by atomic mass is 9.94. The monoisotopic (exact) mass is 344 g/mol. The van der Waals surface area contributed by atoms with Crippen molar-refractivity contribution in [2.24, 2.45) is 0 Å². The molecule has 1 aromatic carbocycles. The quantitative estimate of drug-likeness (QED) is 0.714. The number of allylic oxidation sites excluding steroid dienone is 1. The van der Waals surface area contributed by atoms with Crippen LogP contribution in [-0.4, -0.2) is 40.6 Å². The molecule has 1 aromatic rings. The maximum absolute atomic E-state index is 13.4. The Hall–Kier alpha value is -2.26. The van der Waals surface area contributed by atoms with Crippen LogP contribution in [0, 0.1) is 5.82 Å². The van der Waals surface area contributed by atoms with Crippen molar-refractivity contribution in [3.63, 3.8) is 0 Å². The number of amides is 1. The fraction of sp³-hybridized carbons (Fsp3) is 0.500. The third-order valence-corrected chi connectivity index (χ3v) is 4.75. The summed E-state index contributed by atoms with van der Waals surface area (Å²) in [5.74, 6) is -0.279. The van der Waals surface area contributed by atoms with E-state index in [1.54, 1.807) is 17.0 Å². The van der Waals surface area contributed by atoms with Crippen LogP contribution in [0.25, 0.3) is 0 Å². The van der Waals surface area contributed by atoms with Gasteiger partial charge in [0.15, 0.2) is 0 Å². The lowest BCUT2D eigenvalue weighted by molar-refractivity contribution is -0.00867. The molecule has 1 amide bonds. The molecule has 134 valence electrons. The van der Waals surface area contributed by atoms with Crippen molar-refractivity contribution in [2.75, 3.05) is 13.1 Å². The summed E-state index contributed by atoms with van der Waals surface area (Å²) in [7, 11) is 0. The minimum atomic E-state index is -0.552. The van der Waals surface area contributed by atoms with Gasteiger partial charge >= 0.3 is 6.09 Å². The summed E-state index contributed by atoms with van der Waals surface area (Å²) in [4.78, 5) is 16.8. The predicted molar refractivity (Wildman–Crippen MR) is 94.5 cm³/mol. The van der Waals surface area contributed by atoms with E-state index >= 15 is 0 Å². The van der Waals surface area contributed by atoms with Gasteiger partial charge in [-0.15, -0.1) is 5.73 Å². The molecule has 0 N–H and O–H groups in total. The number of nitrogens with zero attached hydrogens (tertiary/aromatic N) is 2. The molecule has 5 heteroatoms. The second-order valence-electron chi connectivity index (χ2n) is 7.59. The second-order valence-corrected chi connectivity index (χ2v) is 7.59. The van der Waals surface area contributed by atoms with Gasteiger partial charge in [-0.3, -0.25) is 4.90 Å².